The highest BCUT2D eigenvalue weighted by molar-refractivity contribution is 9.09. The smallest absolute Gasteiger partial charge is 0.253 e. The summed E-state index contributed by atoms with van der Waals surface area (Å²) in [5.74, 6) is -0.0884. The standard InChI is InChI=1S/C12H18BrN3O/c1-8-5-10(9(2)16-15-8)11(17)14-7-12(3,4)6-13/h5H,6-7H2,1-4H3,(H,14,17). The maximum atomic E-state index is 12.0. The molecule has 5 heteroatoms. The number of nitrogens with one attached hydrogen (secondary N) is 1. The van der Waals surface area contributed by atoms with Crippen LogP contribution in [0.3, 0.4) is 0 Å². The number of carbonyl (C=O) groups excluding carboxylic acids is 1. The van der Waals surface area contributed by atoms with Gasteiger partial charge < -0.3 is 5.32 Å². The van der Waals surface area contributed by atoms with E-state index in [1.165, 1.54) is 0 Å². The molecule has 0 unspecified atom stereocenters. The van der Waals surface area contributed by atoms with Crippen molar-refractivity contribution in [3.8, 4) is 0 Å². The number of amides is 1. The van der Waals surface area contributed by atoms with Crippen LogP contribution in [0.25, 0.3) is 0 Å². The number of hydrogen-bond acceptors (Lipinski definition) is 3. The Labute approximate surface area is 110 Å². The van der Waals surface area contributed by atoms with E-state index >= 15 is 0 Å². The maximum absolute atomic E-state index is 12.0. The van der Waals surface area contributed by atoms with E-state index in [0.29, 0.717) is 17.8 Å². The molecule has 94 valence electrons. The van der Waals surface area contributed by atoms with Gasteiger partial charge >= 0.3 is 0 Å². The molecule has 0 aliphatic rings. The molecule has 0 aliphatic heterocycles. The number of aryl methyl sites for hydroxylation is 2. The van der Waals surface area contributed by atoms with E-state index in [9.17, 15) is 4.79 Å². The Kier molecular flexibility index (Phi) is 4.62. The zero-order valence-corrected chi connectivity index (χ0v) is 12.3. The molecule has 0 aromatic carbocycles. The molecule has 4 nitrogen and oxygen atoms in total. The molecule has 1 aromatic heterocycles. The second kappa shape index (κ2) is 5.58. The Bertz CT molecular complexity index is 418. The predicted molar refractivity (Wildman–Crippen MR) is 71.4 cm³/mol. The lowest BCUT2D eigenvalue weighted by molar-refractivity contribution is 0.0939. The summed E-state index contributed by atoms with van der Waals surface area (Å²) in [6.07, 6.45) is 0. The second-order valence-electron chi connectivity index (χ2n) is 4.97. The summed E-state index contributed by atoms with van der Waals surface area (Å²) in [4.78, 5) is 12.0. The van der Waals surface area contributed by atoms with E-state index in [0.717, 1.165) is 11.0 Å². The summed E-state index contributed by atoms with van der Waals surface area (Å²) in [7, 11) is 0. The Balaban J connectivity index is 2.74. The highest BCUT2D eigenvalue weighted by atomic mass is 79.9. The van der Waals surface area contributed by atoms with E-state index in [1.54, 1.807) is 13.0 Å². The highest BCUT2D eigenvalue weighted by Crippen LogP contribution is 2.16. The minimum absolute atomic E-state index is 0.0407. The topological polar surface area (TPSA) is 54.9 Å². The largest absolute Gasteiger partial charge is 0.351 e. The summed E-state index contributed by atoms with van der Waals surface area (Å²) in [5, 5.41) is 11.6. The number of rotatable bonds is 4. The normalized spacial score (nSPS) is 11.4. The summed E-state index contributed by atoms with van der Waals surface area (Å²) in [6.45, 7) is 8.41. The Hall–Kier alpha value is -0.970. The average Bonchev–Trinajstić information content (AvgIpc) is 2.29. The fraction of sp³-hybridized carbons (Fsp3) is 0.583. The summed E-state index contributed by atoms with van der Waals surface area (Å²) >= 11 is 3.43. The zero-order valence-electron chi connectivity index (χ0n) is 10.7. The molecule has 1 rings (SSSR count). The quantitative estimate of drug-likeness (QED) is 0.868. The van der Waals surface area contributed by atoms with Crippen LogP contribution in [0.5, 0.6) is 0 Å². The van der Waals surface area contributed by atoms with Crippen molar-refractivity contribution in [2.24, 2.45) is 5.41 Å². The van der Waals surface area contributed by atoms with E-state index in [-0.39, 0.29) is 11.3 Å². The minimum Gasteiger partial charge on any atom is -0.351 e. The number of halogens is 1. The minimum atomic E-state index is -0.0884. The van der Waals surface area contributed by atoms with E-state index in [1.807, 2.05) is 6.92 Å². The van der Waals surface area contributed by atoms with Gasteiger partial charge in [-0.3, -0.25) is 4.79 Å². The van der Waals surface area contributed by atoms with Crippen molar-refractivity contribution in [2.45, 2.75) is 27.7 Å². The predicted octanol–water partition coefficient (Wildman–Crippen LogP) is 2.24. The van der Waals surface area contributed by atoms with Gasteiger partial charge in [-0.25, -0.2) is 0 Å². The summed E-state index contributed by atoms with van der Waals surface area (Å²) in [6, 6.07) is 1.76. The van der Waals surface area contributed by atoms with Gasteiger partial charge in [0.05, 0.1) is 17.0 Å². The van der Waals surface area contributed by atoms with E-state index in [4.69, 9.17) is 0 Å². The Morgan fingerprint density at radius 3 is 2.65 bits per heavy atom. The third kappa shape index (κ3) is 4.07. The number of aromatic nitrogens is 2. The van der Waals surface area contributed by atoms with Crippen LogP contribution in [0.15, 0.2) is 6.07 Å². The van der Waals surface area contributed by atoms with Crippen molar-refractivity contribution in [1.29, 1.82) is 0 Å². The molecule has 1 aromatic rings. The van der Waals surface area contributed by atoms with Crippen LogP contribution in [0.2, 0.25) is 0 Å². The monoisotopic (exact) mass is 299 g/mol. The van der Waals surface area contributed by atoms with Crippen molar-refractivity contribution in [2.75, 3.05) is 11.9 Å². The molecular weight excluding hydrogens is 282 g/mol. The third-order valence-electron chi connectivity index (χ3n) is 2.43. The molecule has 0 spiro atoms. The second-order valence-corrected chi connectivity index (χ2v) is 5.53. The SMILES string of the molecule is Cc1cc(C(=O)NCC(C)(C)CBr)c(C)nn1. The van der Waals surface area contributed by atoms with Crippen LogP contribution >= 0.6 is 15.9 Å². The third-order valence-corrected chi connectivity index (χ3v) is 3.95. The molecule has 17 heavy (non-hydrogen) atoms. The Morgan fingerprint density at radius 1 is 1.41 bits per heavy atom. The lowest BCUT2D eigenvalue weighted by Gasteiger charge is -2.22. The molecule has 0 radical (unpaired) electrons. The number of nitrogens with zero attached hydrogens (tertiary/aromatic N) is 2. The van der Waals surface area contributed by atoms with Crippen molar-refractivity contribution in [3.63, 3.8) is 0 Å². The number of carbonyl (C=O) groups is 1. The van der Waals surface area contributed by atoms with Gasteiger partial charge in [0.1, 0.15) is 0 Å². The first-order chi connectivity index (χ1) is 7.85. The summed E-state index contributed by atoms with van der Waals surface area (Å²) < 4.78 is 0. The zero-order chi connectivity index (χ0) is 13.1. The molecule has 0 aliphatic carbocycles. The van der Waals surface area contributed by atoms with Crippen molar-refractivity contribution < 1.29 is 4.79 Å². The van der Waals surface area contributed by atoms with E-state index < -0.39 is 0 Å². The number of alkyl halides is 1. The first kappa shape index (κ1) is 14.1. The number of hydrogen-bond donors (Lipinski definition) is 1. The molecule has 0 saturated carbocycles. The molecule has 1 N–H and O–H groups in total. The first-order valence-corrected chi connectivity index (χ1v) is 6.63. The van der Waals surface area contributed by atoms with Crippen LogP contribution in [0.4, 0.5) is 0 Å². The van der Waals surface area contributed by atoms with Gasteiger partial charge in [-0.05, 0) is 25.3 Å². The molecule has 0 saturated heterocycles. The van der Waals surface area contributed by atoms with Crippen LogP contribution in [-0.2, 0) is 0 Å². The van der Waals surface area contributed by atoms with E-state index in [2.05, 4.69) is 45.3 Å². The van der Waals surface area contributed by atoms with Gasteiger partial charge in [0, 0.05) is 11.9 Å². The van der Waals surface area contributed by atoms with Crippen molar-refractivity contribution in [3.05, 3.63) is 23.0 Å². The van der Waals surface area contributed by atoms with Crippen molar-refractivity contribution in [1.82, 2.24) is 15.5 Å². The maximum Gasteiger partial charge on any atom is 0.253 e. The van der Waals surface area contributed by atoms with Crippen LogP contribution in [0, 0.1) is 19.3 Å². The lowest BCUT2D eigenvalue weighted by atomic mass is 9.96. The van der Waals surface area contributed by atoms with Crippen LogP contribution in [-0.4, -0.2) is 28.0 Å². The van der Waals surface area contributed by atoms with Crippen molar-refractivity contribution >= 4 is 21.8 Å². The van der Waals surface area contributed by atoms with Crippen LogP contribution < -0.4 is 5.32 Å². The first-order valence-electron chi connectivity index (χ1n) is 5.51. The summed E-state index contributed by atoms with van der Waals surface area (Å²) in [5.41, 5.74) is 2.05. The molecule has 0 atom stereocenters. The Morgan fingerprint density at radius 2 is 2.06 bits per heavy atom. The van der Waals surface area contributed by atoms with Gasteiger partial charge in [0.2, 0.25) is 0 Å². The highest BCUT2D eigenvalue weighted by Gasteiger charge is 2.18. The lowest BCUT2D eigenvalue weighted by Crippen LogP contribution is -2.35. The molecule has 1 amide bonds. The van der Waals surface area contributed by atoms with Gasteiger partial charge in [-0.15, -0.1) is 0 Å². The molecular formula is C12H18BrN3O. The van der Waals surface area contributed by atoms with Crippen LogP contribution in [0.1, 0.15) is 35.6 Å². The average molecular weight is 300 g/mol. The molecule has 0 bridgehead atoms. The van der Waals surface area contributed by atoms with Gasteiger partial charge in [0.25, 0.3) is 5.91 Å². The molecule has 0 fully saturated rings. The fourth-order valence-electron chi connectivity index (χ4n) is 1.24. The fourth-order valence-corrected chi connectivity index (χ4v) is 1.44. The van der Waals surface area contributed by atoms with Gasteiger partial charge in [-0.1, -0.05) is 29.8 Å². The molecule has 1 heterocycles. The van der Waals surface area contributed by atoms with Gasteiger partial charge in [-0.2, -0.15) is 10.2 Å². The van der Waals surface area contributed by atoms with Gasteiger partial charge in [0.15, 0.2) is 0 Å².